The van der Waals surface area contributed by atoms with E-state index < -0.39 is 0 Å². The van der Waals surface area contributed by atoms with E-state index in [2.05, 4.69) is 28.1 Å². The lowest BCUT2D eigenvalue weighted by Gasteiger charge is -2.22. The third-order valence-corrected chi connectivity index (χ3v) is 5.74. The number of anilines is 1. The summed E-state index contributed by atoms with van der Waals surface area (Å²) < 4.78 is 0. The standard InChI is InChI=1S/C16H21N3OS2/c1-11(20)17-9-13-7-8-15(22-13)14-10-21-16(19-14)18-12-5-3-2-4-6-12/h7-8,10,12H,2-6,9H2,1H3,(H,17,20)(H,18,19). The molecular formula is C16H21N3OS2. The number of hydrogen-bond donors (Lipinski definition) is 2. The number of amides is 1. The fraction of sp³-hybridized carbons (Fsp3) is 0.500. The quantitative estimate of drug-likeness (QED) is 0.859. The van der Waals surface area contributed by atoms with Crippen LogP contribution in [0, 0.1) is 0 Å². The van der Waals surface area contributed by atoms with Gasteiger partial charge in [0.2, 0.25) is 5.91 Å². The Morgan fingerprint density at radius 3 is 2.91 bits per heavy atom. The molecule has 0 saturated heterocycles. The van der Waals surface area contributed by atoms with Gasteiger partial charge in [-0.2, -0.15) is 0 Å². The second-order valence-corrected chi connectivity index (χ2v) is 7.72. The molecule has 0 radical (unpaired) electrons. The van der Waals surface area contributed by atoms with E-state index in [-0.39, 0.29) is 5.91 Å². The highest BCUT2D eigenvalue weighted by atomic mass is 32.1. The average molecular weight is 335 g/mol. The number of nitrogens with one attached hydrogen (secondary N) is 2. The normalized spacial score (nSPS) is 15.7. The molecule has 2 aromatic rings. The average Bonchev–Trinajstić information content (AvgIpc) is 3.15. The maximum Gasteiger partial charge on any atom is 0.217 e. The van der Waals surface area contributed by atoms with Crippen LogP contribution in [-0.2, 0) is 11.3 Å². The Hall–Kier alpha value is -1.40. The lowest BCUT2D eigenvalue weighted by molar-refractivity contribution is -0.119. The van der Waals surface area contributed by atoms with Crippen molar-refractivity contribution in [1.29, 1.82) is 0 Å². The summed E-state index contributed by atoms with van der Waals surface area (Å²) in [5, 5.41) is 9.54. The van der Waals surface area contributed by atoms with Gasteiger partial charge in [-0.15, -0.1) is 22.7 Å². The molecule has 1 fully saturated rings. The lowest BCUT2D eigenvalue weighted by atomic mass is 9.96. The number of rotatable bonds is 5. The zero-order chi connectivity index (χ0) is 15.4. The van der Waals surface area contributed by atoms with Gasteiger partial charge >= 0.3 is 0 Å². The van der Waals surface area contributed by atoms with Crippen LogP contribution in [0.5, 0.6) is 0 Å². The second kappa shape index (κ2) is 7.24. The minimum absolute atomic E-state index is 0.00239. The van der Waals surface area contributed by atoms with Gasteiger partial charge < -0.3 is 10.6 Å². The van der Waals surface area contributed by atoms with Crippen LogP contribution in [0.4, 0.5) is 5.13 Å². The Balaban J connectivity index is 1.61. The Labute approximate surface area is 139 Å². The van der Waals surface area contributed by atoms with Gasteiger partial charge in [-0.25, -0.2) is 4.98 Å². The summed E-state index contributed by atoms with van der Waals surface area (Å²) >= 11 is 3.37. The van der Waals surface area contributed by atoms with E-state index in [1.165, 1.54) is 39.0 Å². The molecular weight excluding hydrogens is 314 g/mol. The molecule has 1 saturated carbocycles. The van der Waals surface area contributed by atoms with E-state index in [0.29, 0.717) is 12.6 Å². The first-order chi connectivity index (χ1) is 10.7. The van der Waals surface area contributed by atoms with Crippen molar-refractivity contribution < 1.29 is 4.79 Å². The van der Waals surface area contributed by atoms with Crippen LogP contribution >= 0.6 is 22.7 Å². The van der Waals surface area contributed by atoms with Gasteiger partial charge in [-0.05, 0) is 25.0 Å². The number of aromatic nitrogens is 1. The molecule has 2 aromatic heterocycles. The molecule has 22 heavy (non-hydrogen) atoms. The van der Waals surface area contributed by atoms with Crippen LogP contribution < -0.4 is 10.6 Å². The molecule has 4 nitrogen and oxygen atoms in total. The van der Waals surface area contributed by atoms with Gasteiger partial charge in [0.05, 0.1) is 17.1 Å². The first kappa shape index (κ1) is 15.5. The molecule has 2 N–H and O–H groups in total. The molecule has 6 heteroatoms. The van der Waals surface area contributed by atoms with E-state index in [4.69, 9.17) is 4.98 Å². The molecule has 1 amide bonds. The van der Waals surface area contributed by atoms with E-state index in [0.717, 1.165) is 20.6 Å². The number of thiophene rings is 1. The van der Waals surface area contributed by atoms with Crippen LogP contribution in [0.3, 0.4) is 0 Å². The highest BCUT2D eigenvalue weighted by molar-refractivity contribution is 7.17. The van der Waals surface area contributed by atoms with E-state index >= 15 is 0 Å². The third-order valence-electron chi connectivity index (χ3n) is 3.86. The molecule has 0 atom stereocenters. The largest absolute Gasteiger partial charge is 0.359 e. The molecule has 1 aliphatic carbocycles. The molecule has 1 aliphatic rings. The maximum absolute atomic E-state index is 11.0. The van der Waals surface area contributed by atoms with Crippen molar-refractivity contribution in [3.63, 3.8) is 0 Å². The number of carbonyl (C=O) groups excluding carboxylic acids is 1. The molecule has 3 rings (SSSR count). The summed E-state index contributed by atoms with van der Waals surface area (Å²) in [7, 11) is 0. The number of thiazole rings is 1. The topological polar surface area (TPSA) is 54.0 Å². The van der Waals surface area contributed by atoms with Crippen LogP contribution in [0.2, 0.25) is 0 Å². The fourth-order valence-electron chi connectivity index (χ4n) is 2.70. The molecule has 118 valence electrons. The summed E-state index contributed by atoms with van der Waals surface area (Å²) in [5.41, 5.74) is 1.03. The SMILES string of the molecule is CC(=O)NCc1ccc(-c2csc(NC3CCCCC3)n2)s1. The summed E-state index contributed by atoms with van der Waals surface area (Å²) in [6, 6.07) is 4.73. The van der Waals surface area contributed by atoms with Gasteiger partial charge in [-0.1, -0.05) is 19.3 Å². The molecule has 2 heterocycles. The zero-order valence-electron chi connectivity index (χ0n) is 12.7. The molecule has 0 unspecified atom stereocenters. The number of hydrogen-bond acceptors (Lipinski definition) is 5. The summed E-state index contributed by atoms with van der Waals surface area (Å²) in [6.45, 7) is 2.13. The molecule has 0 aromatic carbocycles. The predicted molar refractivity (Wildman–Crippen MR) is 93.4 cm³/mol. The van der Waals surface area contributed by atoms with E-state index in [1.54, 1.807) is 22.7 Å². The third kappa shape index (κ3) is 4.08. The van der Waals surface area contributed by atoms with Gasteiger partial charge in [0, 0.05) is 23.2 Å². The predicted octanol–water partition coefficient (Wildman–Crippen LogP) is 4.25. The van der Waals surface area contributed by atoms with E-state index in [1.807, 2.05) is 0 Å². The number of nitrogens with zero attached hydrogens (tertiary/aromatic N) is 1. The van der Waals surface area contributed by atoms with Crippen molar-refractivity contribution in [2.45, 2.75) is 51.6 Å². The van der Waals surface area contributed by atoms with Gasteiger partial charge in [0.15, 0.2) is 5.13 Å². The van der Waals surface area contributed by atoms with Crippen molar-refractivity contribution in [1.82, 2.24) is 10.3 Å². The fourth-order valence-corrected chi connectivity index (χ4v) is 4.47. The van der Waals surface area contributed by atoms with Gasteiger partial charge in [0.25, 0.3) is 0 Å². The summed E-state index contributed by atoms with van der Waals surface area (Å²) in [6.07, 6.45) is 6.54. The Bertz CT molecular complexity index is 629. The summed E-state index contributed by atoms with van der Waals surface area (Å²) in [5.74, 6) is 0.00239. The van der Waals surface area contributed by atoms with E-state index in [9.17, 15) is 4.79 Å². The zero-order valence-corrected chi connectivity index (χ0v) is 14.4. The monoisotopic (exact) mass is 335 g/mol. The minimum atomic E-state index is 0.00239. The van der Waals surface area contributed by atoms with Crippen molar-refractivity contribution in [3.05, 3.63) is 22.4 Å². The van der Waals surface area contributed by atoms with Crippen molar-refractivity contribution >= 4 is 33.7 Å². The van der Waals surface area contributed by atoms with Crippen LogP contribution in [-0.4, -0.2) is 16.9 Å². The second-order valence-electron chi connectivity index (χ2n) is 5.69. The highest BCUT2D eigenvalue weighted by Crippen LogP contribution is 2.32. The summed E-state index contributed by atoms with van der Waals surface area (Å²) in [4.78, 5) is 18.0. The van der Waals surface area contributed by atoms with Crippen molar-refractivity contribution in [3.8, 4) is 10.6 Å². The molecule has 0 spiro atoms. The maximum atomic E-state index is 11.0. The molecule has 0 bridgehead atoms. The smallest absolute Gasteiger partial charge is 0.217 e. The minimum Gasteiger partial charge on any atom is -0.359 e. The van der Waals surface area contributed by atoms with Gasteiger partial charge in [0.1, 0.15) is 0 Å². The highest BCUT2D eigenvalue weighted by Gasteiger charge is 2.15. The lowest BCUT2D eigenvalue weighted by Crippen LogP contribution is -2.21. The number of carbonyl (C=O) groups is 1. The Kier molecular flexibility index (Phi) is 5.10. The van der Waals surface area contributed by atoms with Crippen LogP contribution in [0.1, 0.15) is 43.9 Å². The first-order valence-corrected chi connectivity index (χ1v) is 9.46. The first-order valence-electron chi connectivity index (χ1n) is 7.76. The Morgan fingerprint density at radius 1 is 1.32 bits per heavy atom. The van der Waals surface area contributed by atoms with Crippen LogP contribution in [0.25, 0.3) is 10.6 Å². The van der Waals surface area contributed by atoms with Crippen molar-refractivity contribution in [2.24, 2.45) is 0 Å². The van der Waals surface area contributed by atoms with Crippen molar-refractivity contribution in [2.75, 3.05) is 5.32 Å². The molecule has 0 aliphatic heterocycles. The van der Waals surface area contributed by atoms with Gasteiger partial charge in [-0.3, -0.25) is 4.79 Å². The van der Waals surface area contributed by atoms with Crippen LogP contribution in [0.15, 0.2) is 17.5 Å². The Morgan fingerprint density at radius 2 is 2.14 bits per heavy atom.